The summed E-state index contributed by atoms with van der Waals surface area (Å²) in [4.78, 5) is 18.1. The van der Waals surface area contributed by atoms with Crippen molar-refractivity contribution in [3.63, 3.8) is 0 Å². The fraction of sp³-hybridized carbons (Fsp3) is 0.533. The monoisotopic (exact) mass is 487 g/mol. The van der Waals surface area contributed by atoms with E-state index in [0.717, 1.165) is 75.5 Å². The first kappa shape index (κ1) is 25.0. The Morgan fingerprint density at radius 3 is 2.47 bits per heavy atom. The zero-order valence-electron chi connectivity index (χ0n) is 22.3. The molecule has 1 unspecified atom stereocenters. The van der Waals surface area contributed by atoms with Gasteiger partial charge in [-0.1, -0.05) is 20.8 Å². The topological polar surface area (TPSA) is 68.3 Å². The van der Waals surface area contributed by atoms with E-state index in [9.17, 15) is 5.11 Å². The van der Waals surface area contributed by atoms with Gasteiger partial charge in [0.1, 0.15) is 5.82 Å². The van der Waals surface area contributed by atoms with E-state index in [2.05, 4.69) is 66.0 Å². The van der Waals surface area contributed by atoms with Crippen LogP contribution in [0.3, 0.4) is 0 Å². The van der Waals surface area contributed by atoms with Crippen molar-refractivity contribution < 1.29 is 5.11 Å². The summed E-state index contributed by atoms with van der Waals surface area (Å²) in [5.41, 5.74) is 9.14. The lowest BCUT2D eigenvalue weighted by molar-refractivity contribution is 0.153. The second-order valence-electron chi connectivity index (χ2n) is 11.4. The van der Waals surface area contributed by atoms with Crippen LogP contribution in [-0.2, 0) is 19.3 Å². The third-order valence-electron chi connectivity index (χ3n) is 8.04. The van der Waals surface area contributed by atoms with Gasteiger partial charge in [0, 0.05) is 61.4 Å². The summed E-state index contributed by atoms with van der Waals surface area (Å²) in [7, 11) is 0. The molecule has 0 spiro atoms. The SMILES string of the molecule is CCc1ncc(-c2cnc(-c3ccc(N4CCN(CCC(C)O)CC4)cc3)[nH]2)c2c1CC(C)(C)CC2. The van der Waals surface area contributed by atoms with Crippen LogP contribution in [0.25, 0.3) is 22.6 Å². The lowest BCUT2D eigenvalue weighted by atomic mass is 9.72. The molecule has 1 fully saturated rings. The Morgan fingerprint density at radius 2 is 1.78 bits per heavy atom. The largest absolute Gasteiger partial charge is 0.393 e. The van der Waals surface area contributed by atoms with Gasteiger partial charge in [0.2, 0.25) is 0 Å². The summed E-state index contributed by atoms with van der Waals surface area (Å²) in [6.07, 6.45) is 9.04. The van der Waals surface area contributed by atoms with E-state index >= 15 is 0 Å². The van der Waals surface area contributed by atoms with E-state index in [1.807, 2.05) is 13.1 Å². The quantitative estimate of drug-likeness (QED) is 0.485. The summed E-state index contributed by atoms with van der Waals surface area (Å²) in [5.74, 6) is 0.906. The normalized spacial score (nSPS) is 18.8. The number of nitrogens with zero attached hydrogens (tertiary/aromatic N) is 4. The molecule has 6 nitrogen and oxygen atoms in total. The molecule has 1 aliphatic carbocycles. The molecule has 6 heteroatoms. The highest BCUT2D eigenvalue weighted by Gasteiger charge is 2.29. The van der Waals surface area contributed by atoms with E-state index in [-0.39, 0.29) is 6.10 Å². The average molecular weight is 488 g/mol. The van der Waals surface area contributed by atoms with Crippen LogP contribution in [0, 0.1) is 5.41 Å². The molecule has 1 aromatic carbocycles. The zero-order valence-corrected chi connectivity index (χ0v) is 22.3. The molecule has 2 aromatic heterocycles. The number of aromatic nitrogens is 3. The minimum absolute atomic E-state index is 0.220. The first-order valence-electron chi connectivity index (χ1n) is 13.6. The van der Waals surface area contributed by atoms with Crippen molar-refractivity contribution in [1.29, 1.82) is 0 Å². The number of benzene rings is 1. The van der Waals surface area contributed by atoms with Crippen LogP contribution in [0.2, 0.25) is 0 Å². The Hall–Kier alpha value is -2.70. The molecule has 0 amide bonds. The van der Waals surface area contributed by atoms with Gasteiger partial charge in [-0.3, -0.25) is 9.88 Å². The van der Waals surface area contributed by atoms with Crippen molar-refractivity contribution in [1.82, 2.24) is 19.9 Å². The Morgan fingerprint density at radius 1 is 1.03 bits per heavy atom. The molecule has 2 aliphatic rings. The van der Waals surface area contributed by atoms with E-state index in [1.165, 1.54) is 34.5 Å². The lowest BCUT2D eigenvalue weighted by Crippen LogP contribution is -2.47. The average Bonchev–Trinajstić information content (AvgIpc) is 3.37. The predicted octanol–water partition coefficient (Wildman–Crippen LogP) is 5.11. The third kappa shape index (κ3) is 5.35. The molecular formula is C30H41N5O. The van der Waals surface area contributed by atoms with E-state index in [0.29, 0.717) is 5.41 Å². The summed E-state index contributed by atoms with van der Waals surface area (Å²) < 4.78 is 0. The number of aryl methyl sites for hydroxylation is 1. The van der Waals surface area contributed by atoms with Crippen LogP contribution < -0.4 is 4.90 Å². The molecule has 36 heavy (non-hydrogen) atoms. The van der Waals surface area contributed by atoms with Crippen LogP contribution >= 0.6 is 0 Å². The molecule has 1 atom stereocenters. The number of H-pyrrole nitrogens is 1. The second kappa shape index (κ2) is 10.3. The number of aliphatic hydroxyl groups excluding tert-OH is 1. The lowest BCUT2D eigenvalue weighted by Gasteiger charge is -2.36. The van der Waals surface area contributed by atoms with Crippen molar-refractivity contribution in [2.45, 2.75) is 65.9 Å². The fourth-order valence-electron chi connectivity index (χ4n) is 5.73. The Labute approximate surface area is 215 Å². The number of anilines is 1. The van der Waals surface area contributed by atoms with Crippen LogP contribution in [0.1, 0.15) is 57.4 Å². The van der Waals surface area contributed by atoms with Crippen molar-refractivity contribution in [3.8, 4) is 22.6 Å². The van der Waals surface area contributed by atoms with Crippen LogP contribution in [0.4, 0.5) is 5.69 Å². The van der Waals surface area contributed by atoms with Gasteiger partial charge in [-0.05, 0) is 79.8 Å². The number of aliphatic hydroxyl groups is 1. The summed E-state index contributed by atoms with van der Waals surface area (Å²) in [6.45, 7) is 13.9. The zero-order chi connectivity index (χ0) is 25.3. The molecule has 1 saturated heterocycles. The van der Waals surface area contributed by atoms with E-state index in [1.54, 1.807) is 0 Å². The van der Waals surface area contributed by atoms with Crippen LogP contribution in [-0.4, -0.2) is 63.8 Å². The maximum atomic E-state index is 9.54. The number of nitrogens with one attached hydrogen (secondary N) is 1. The maximum Gasteiger partial charge on any atom is 0.137 e. The van der Waals surface area contributed by atoms with Crippen molar-refractivity contribution in [2.75, 3.05) is 37.6 Å². The highest BCUT2D eigenvalue weighted by Crippen LogP contribution is 2.40. The maximum absolute atomic E-state index is 9.54. The smallest absolute Gasteiger partial charge is 0.137 e. The number of fused-ring (bicyclic) bond motifs is 1. The molecule has 1 aliphatic heterocycles. The highest BCUT2D eigenvalue weighted by atomic mass is 16.3. The summed E-state index contributed by atoms with van der Waals surface area (Å²) >= 11 is 0. The van der Waals surface area contributed by atoms with Crippen molar-refractivity contribution in [2.24, 2.45) is 5.41 Å². The fourth-order valence-corrected chi connectivity index (χ4v) is 5.73. The third-order valence-corrected chi connectivity index (χ3v) is 8.04. The van der Waals surface area contributed by atoms with Gasteiger partial charge in [0.15, 0.2) is 0 Å². The molecular weight excluding hydrogens is 446 g/mol. The number of rotatable bonds is 7. The number of hydrogen-bond donors (Lipinski definition) is 2. The Kier molecular flexibility index (Phi) is 7.18. The van der Waals surface area contributed by atoms with Gasteiger partial charge in [0.05, 0.1) is 18.0 Å². The van der Waals surface area contributed by atoms with E-state index in [4.69, 9.17) is 9.97 Å². The van der Waals surface area contributed by atoms with Gasteiger partial charge in [0.25, 0.3) is 0 Å². The molecule has 5 rings (SSSR count). The van der Waals surface area contributed by atoms with Crippen LogP contribution in [0.5, 0.6) is 0 Å². The number of hydrogen-bond acceptors (Lipinski definition) is 5. The molecule has 3 heterocycles. The predicted molar refractivity (Wildman–Crippen MR) is 147 cm³/mol. The highest BCUT2D eigenvalue weighted by molar-refractivity contribution is 5.69. The van der Waals surface area contributed by atoms with Gasteiger partial charge in [-0.15, -0.1) is 0 Å². The Balaban J connectivity index is 1.30. The van der Waals surface area contributed by atoms with Gasteiger partial charge in [-0.2, -0.15) is 0 Å². The first-order valence-corrected chi connectivity index (χ1v) is 13.6. The van der Waals surface area contributed by atoms with Gasteiger partial charge in [-0.25, -0.2) is 4.98 Å². The Bertz CT molecular complexity index is 1170. The minimum atomic E-state index is -0.220. The minimum Gasteiger partial charge on any atom is -0.393 e. The van der Waals surface area contributed by atoms with Crippen molar-refractivity contribution in [3.05, 3.63) is 53.5 Å². The summed E-state index contributed by atoms with van der Waals surface area (Å²) in [5, 5.41) is 9.54. The molecule has 0 radical (unpaired) electrons. The molecule has 0 saturated carbocycles. The number of imidazole rings is 1. The number of aromatic amines is 1. The molecule has 2 N–H and O–H groups in total. The van der Waals surface area contributed by atoms with Gasteiger partial charge >= 0.3 is 0 Å². The number of pyridine rings is 1. The second-order valence-corrected chi connectivity index (χ2v) is 11.4. The molecule has 192 valence electrons. The standard InChI is InChI=1S/C30H41N5O/c1-5-27-25-18-30(3,4)12-10-24(25)26(19-31-27)28-20-32-29(33-28)22-6-8-23(9-7-22)35-16-14-34(15-17-35)13-11-21(2)36/h6-9,19-21,36H,5,10-18H2,1-4H3,(H,32,33). The first-order chi connectivity index (χ1) is 17.3. The molecule has 3 aromatic rings. The molecule has 0 bridgehead atoms. The van der Waals surface area contributed by atoms with Gasteiger partial charge < -0.3 is 15.0 Å². The summed E-state index contributed by atoms with van der Waals surface area (Å²) in [6, 6.07) is 8.78. The van der Waals surface area contributed by atoms with Crippen LogP contribution in [0.15, 0.2) is 36.7 Å². The number of piperazine rings is 1. The van der Waals surface area contributed by atoms with Crippen molar-refractivity contribution >= 4 is 5.69 Å². The van der Waals surface area contributed by atoms with E-state index < -0.39 is 0 Å².